The molecule has 2 N–H and O–H groups in total. The maximum Gasteiger partial charge on any atom is 0.142 e. The molecule has 3 rings (SSSR count). The van der Waals surface area contributed by atoms with Crippen LogP contribution in [0.1, 0.15) is 17.0 Å². The van der Waals surface area contributed by atoms with Gasteiger partial charge in [-0.3, -0.25) is 0 Å². The highest BCUT2D eigenvalue weighted by Crippen LogP contribution is 2.28. The summed E-state index contributed by atoms with van der Waals surface area (Å²) in [5, 5.41) is 6.72. The molecule has 0 unspecified atom stereocenters. The second-order valence-electron chi connectivity index (χ2n) is 5.90. The summed E-state index contributed by atoms with van der Waals surface area (Å²) >= 11 is 0. The average Bonchev–Trinajstić information content (AvgIpc) is 2.58. The molecule has 0 atom stereocenters. The standard InChI is InChI=1S/C20H22N4O/c1-13-8-7-9-14(2)20(13)24-19-12-18(21-15(3)22-19)23-16-10-5-6-11-17(16)25-4/h5-12H,1-4H3,(H2,21,22,23,24). The third-order valence-corrected chi connectivity index (χ3v) is 3.94. The maximum atomic E-state index is 5.38. The molecule has 0 aliphatic rings. The summed E-state index contributed by atoms with van der Waals surface area (Å²) in [4.78, 5) is 8.98. The van der Waals surface area contributed by atoms with Crippen LogP contribution in [0, 0.1) is 20.8 Å². The Morgan fingerprint density at radius 3 is 2.12 bits per heavy atom. The number of aromatic nitrogens is 2. The first-order chi connectivity index (χ1) is 12.1. The number of aryl methyl sites for hydroxylation is 3. The van der Waals surface area contributed by atoms with Crippen LogP contribution < -0.4 is 15.4 Å². The summed E-state index contributed by atoms with van der Waals surface area (Å²) in [7, 11) is 1.65. The molecule has 2 aromatic carbocycles. The van der Waals surface area contributed by atoms with Crippen LogP contribution in [0.25, 0.3) is 0 Å². The van der Waals surface area contributed by atoms with Gasteiger partial charge in [0.1, 0.15) is 23.2 Å². The van der Waals surface area contributed by atoms with E-state index >= 15 is 0 Å². The van der Waals surface area contributed by atoms with Gasteiger partial charge in [-0.15, -0.1) is 0 Å². The number of benzene rings is 2. The second-order valence-corrected chi connectivity index (χ2v) is 5.90. The molecule has 128 valence electrons. The van der Waals surface area contributed by atoms with Crippen molar-refractivity contribution >= 4 is 23.0 Å². The Balaban J connectivity index is 1.91. The highest BCUT2D eigenvalue weighted by Gasteiger charge is 2.08. The summed E-state index contributed by atoms with van der Waals surface area (Å²) < 4.78 is 5.38. The number of nitrogens with zero attached hydrogens (tertiary/aromatic N) is 2. The molecule has 5 heteroatoms. The van der Waals surface area contributed by atoms with Gasteiger partial charge in [-0.2, -0.15) is 0 Å². The first-order valence-corrected chi connectivity index (χ1v) is 8.16. The summed E-state index contributed by atoms with van der Waals surface area (Å²) in [6.45, 7) is 6.04. The monoisotopic (exact) mass is 334 g/mol. The van der Waals surface area contributed by atoms with Crippen molar-refractivity contribution in [3.63, 3.8) is 0 Å². The van der Waals surface area contributed by atoms with Crippen LogP contribution in [0.3, 0.4) is 0 Å². The van der Waals surface area contributed by atoms with Crippen molar-refractivity contribution in [2.24, 2.45) is 0 Å². The van der Waals surface area contributed by atoms with Crippen LogP contribution in [0.2, 0.25) is 0 Å². The summed E-state index contributed by atoms with van der Waals surface area (Å²) in [5.41, 5.74) is 4.29. The Morgan fingerprint density at radius 1 is 0.800 bits per heavy atom. The number of nitrogens with one attached hydrogen (secondary N) is 2. The minimum absolute atomic E-state index is 0.689. The van der Waals surface area contributed by atoms with Crippen molar-refractivity contribution in [1.29, 1.82) is 0 Å². The number of methoxy groups -OCH3 is 1. The van der Waals surface area contributed by atoms with Gasteiger partial charge in [0, 0.05) is 11.8 Å². The van der Waals surface area contributed by atoms with Crippen LogP contribution in [-0.2, 0) is 0 Å². The Kier molecular flexibility index (Phi) is 4.84. The highest BCUT2D eigenvalue weighted by molar-refractivity contribution is 5.69. The summed E-state index contributed by atoms with van der Waals surface area (Å²) in [6, 6.07) is 15.9. The number of rotatable bonds is 5. The van der Waals surface area contributed by atoms with Crippen molar-refractivity contribution in [1.82, 2.24) is 9.97 Å². The van der Waals surface area contributed by atoms with Gasteiger partial charge in [-0.1, -0.05) is 30.3 Å². The summed E-state index contributed by atoms with van der Waals surface area (Å²) in [6.07, 6.45) is 0. The van der Waals surface area contributed by atoms with Gasteiger partial charge in [-0.25, -0.2) is 9.97 Å². The zero-order valence-corrected chi connectivity index (χ0v) is 14.9. The van der Waals surface area contributed by atoms with Gasteiger partial charge in [0.2, 0.25) is 0 Å². The fourth-order valence-electron chi connectivity index (χ4n) is 2.72. The molecular weight excluding hydrogens is 312 g/mol. The van der Waals surface area contributed by atoms with Gasteiger partial charge in [0.15, 0.2) is 0 Å². The Bertz CT molecular complexity index is 872. The topological polar surface area (TPSA) is 59.1 Å². The number of ether oxygens (including phenoxy) is 1. The van der Waals surface area contributed by atoms with E-state index in [1.54, 1.807) is 7.11 Å². The average molecular weight is 334 g/mol. The molecule has 1 heterocycles. The van der Waals surface area contributed by atoms with E-state index in [-0.39, 0.29) is 0 Å². The zero-order valence-electron chi connectivity index (χ0n) is 14.9. The lowest BCUT2D eigenvalue weighted by atomic mass is 10.1. The highest BCUT2D eigenvalue weighted by atomic mass is 16.5. The maximum absolute atomic E-state index is 5.38. The predicted octanol–water partition coefficient (Wildman–Crippen LogP) is 4.90. The number of hydrogen-bond acceptors (Lipinski definition) is 5. The van der Waals surface area contributed by atoms with Crippen molar-refractivity contribution in [2.75, 3.05) is 17.7 Å². The van der Waals surface area contributed by atoms with Crippen LogP contribution in [-0.4, -0.2) is 17.1 Å². The molecule has 25 heavy (non-hydrogen) atoms. The quantitative estimate of drug-likeness (QED) is 0.695. The lowest BCUT2D eigenvalue weighted by Gasteiger charge is -2.14. The van der Waals surface area contributed by atoms with Gasteiger partial charge in [0.25, 0.3) is 0 Å². The number of hydrogen-bond donors (Lipinski definition) is 2. The molecule has 0 aliphatic carbocycles. The molecule has 0 fully saturated rings. The van der Waals surface area contributed by atoms with E-state index in [2.05, 4.69) is 52.6 Å². The van der Waals surface area contributed by atoms with Gasteiger partial charge in [0.05, 0.1) is 12.8 Å². The lowest BCUT2D eigenvalue weighted by Crippen LogP contribution is -2.03. The van der Waals surface area contributed by atoms with Gasteiger partial charge >= 0.3 is 0 Å². The minimum Gasteiger partial charge on any atom is -0.495 e. The van der Waals surface area contributed by atoms with Gasteiger partial charge in [-0.05, 0) is 44.0 Å². The largest absolute Gasteiger partial charge is 0.495 e. The molecule has 3 aromatic rings. The molecule has 0 saturated heterocycles. The fraction of sp³-hybridized carbons (Fsp3) is 0.200. The van der Waals surface area contributed by atoms with Crippen molar-refractivity contribution < 1.29 is 4.74 Å². The SMILES string of the molecule is COc1ccccc1Nc1cc(Nc2c(C)cccc2C)nc(C)n1. The van der Waals surface area contributed by atoms with E-state index in [4.69, 9.17) is 4.74 Å². The van der Waals surface area contributed by atoms with E-state index < -0.39 is 0 Å². The smallest absolute Gasteiger partial charge is 0.142 e. The van der Waals surface area contributed by atoms with E-state index in [1.165, 1.54) is 11.1 Å². The fourth-order valence-corrected chi connectivity index (χ4v) is 2.72. The van der Waals surface area contributed by atoms with Crippen LogP contribution in [0.4, 0.5) is 23.0 Å². The van der Waals surface area contributed by atoms with Crippen molar-refractivity contribution in [3.8, 4) is 5.75 Å². The number of anilines is 4. The van der Waals surface area contributed by atoms with Gasteiger partial charge < -0.3 is 15.4 Å². The third kappa shape index (κ3) is 3.88. The first-order valence-electron chi connectivity index (χ1n) is 8.16. The van der Waals surface area contributed by atoms with Crippen LogP contribution in [0.15, 0.2) is 48.5 Å². The minimum atomic E-state index is 0.689. The molecule has 1 aromatic heterocycles. The number of para-hydroxylation sites is 3. The normalized spacial score (nSPS) is 10.4. The van der Waals surface area contributed by atoms with E-state index in [1.807, 2.05) is 37.3 Å². The molecule has 0 spiro atoms. The molecule has 0 aliphatic heterocycles. The van der Waals surface area contributed by atoms with E-state index in [0.717, 1.165) is 22.9 Å². The lowest BCUT2D eigenvalue weighted by molar-refractivity contribution is 0.417. The van der Waals surface area contributed by atoms with Crippen molar-refractivity contribution in [3.05, 3.63) is 65.5 Å². The Hall–Kier alpha value is -3.08. The molecule has 0 saturated carbocycles. The molecule has 0 amide bonds. The zero-order chi connectivity index (χ0) is 17.8. The summed E-state index contributed by atoms with van der Waals surface area (Å²) in [5.74, 6) is 2.92. The van der Waals surface area contributed by atoms with E-state index in [0.29, 0.717) is 11.6 Å². The second kappa shape index (κ2) is 7.21. The molecule has 0 radical (unpaired) electrons. The van der Waals surface area contributed by atoms with Crippen LogP contribution >= 0.6 is 0 Å². The van der Waals surface area contributed by atoms with Crippen molar-refractivity contribution in [2.45, 2.75) is 20.8 Å². The molecule has 5 nitrogen and oxygen atoms in total. The third-order valence-electron chi connectivity index (χ3n) is 3.94. The molecular formula is C20H22N4O. The van der Waals surface area contributed by atoms with E-state index in [9.17, 15) is 0 Å². The predicted molar refractivity (Wildman–Crippen MR) is 102 cm³/mol. The first kappa shape index (κ1) is 16.8. The Labute approximate surface area is 148 Å². The molecule has 0 bridgehead atoms. The van der Waals surface area contributed by atoms with Crippen LogP contribution in [0.5, 0.6) is 5.75 Å². The Morgan fingerprint density at radius 2 is 1.44 bits per heavy atom.